The van der Waals surface area contributed by atoms with Crippen molar-refractivity contribution >= 4 is 12.0 Å². The molecule has 0 saturated heterocycles. The summed E-state index contributed by atoms with van der Waals surface area (Å²) >= 11 is 0. The van der Waals surface area contributed by atoms with Gasteiger partial charge < -0.3 is 15.3 Å². The van der Waals surface area contributed by atoms with Gasteiger partial charge in [-0.05, 0) is 36.6 Å². The van der Waals surface area contributed by atoms with Gasteiger partial charge in [0.05, 0.1) is 0 Å². The number of aliphatic carboxylic acids is 1. The fraction of sp³-hybridized carbons (Fsp3) is 0.550. The van der Waals surface area contributed by atoms with Crippen molar-refractivity contribution in [3.63, 3.8) is 0 Å². The first-order valence-electron chi connectivity index (χ1n) is 9.00. The van der Waals surface area contributed by atoms with Crippen LogP contribution in [-0.2, 0) is 4.79 Å². The van der Waals surface area contributed by atoms with E-state index in [1.165, 1.54) is 50.7 Å². The zero-order valence-corrected chi connectivity index (χ0v) is 14.6. The molecule has 0 atom stereocenters. The van der Waals surface area contributed by atoms with E-state index < -0.39 is 5.97 Å². The summed E-state index contributed by atoms with van der Waals surface area (Å²) in [5.74, 6) is -1.37. The van der Waals surface area contributed by atoms with E-state index in [2.05, 4.69) is 6.92 Å². The lowest BCUT2D eigenvalue weighted by Crippen LogP contribution is -2.00. The molecule has 1 aromatic carbocycles. The number of hydrogen-bond donors (Lipinski definition) is 3. The number of phenols is 2. The van der Waals surface area contributed by atoms with Crippen LogP contribution >= 0.6 is 0 Å². The summed E-state index contributed by atoms with van der Waals surface area (Å²) in [4.78, 5) is 11.3. The molecule has 1 aromatic rings. The number of aromatic hydroxyl groups is 2. The van der Waals surface area contributed by atoms with Crippen molar-refractivity contribution in [2.45, 2.75) is 71.1 Å². The van der Waals surface area contributed by atoms with Crippen molar-refractivity contribution in [3.05, 3.63) is 29.3 Å². The number of carboxylic acid groups (broad SMARTS) is 1. The molecule has 0 aromatic heterocycles. The molecular formula is C20H30O4. The number of unbranched alkanes of at least 4 members (excludes halogenated alkanes) is 8. The average Bonchev–Trinajstić information content (AvgIpc) is 2.55. The molecule has 4 nitrogen and oxygen atoms in total. The fourth-order valence-corrected chi connectivity index (χ4v) is 2.70. The monoisotopic (exact) mass is 334 g/mol. The van der Waals surface area contributed by atoms with E-state index in [4.69, 9.17) is 0 Å². The van der Waals surface area contributed by atoms with E-state index in [0.717, 1.165) is 19.3 Å². The summed E-state index contributed by atoms with van der Waals surface area (Å²) in [6.45, 7) is 2.22. The van der Waals surface area contributed by atoms with Gasteiger partial charge in [0, 0.05) is 5.57 Å². The van der Waals surface area contributed by atoms with E-state index in [1.807, 2.05) is 0 Å². The summed E-state index contributed by atoms with van der Waals surface area (Å²) in [5.41, 5.74) is 0.918. The predicted molar refractivity (Wildman–Crippen MR) is 97.2 cm³/mol. The maximum Gasteiger partial charge on any atom is 0.331 e. The Bertz CT molecular complexity index is 534. The molecule has 0 fully saturated rings. The maximum atomic E-state index is 11.3. The van der Waals surface area contributed by atoms with Crippen molar-refractivity contribution in [2.24, 2.45) is 0 Å². The van der Waals surface area contributed by atoms with E-state index in [-0.39, 0.29) is 11.5 Å². The largest absolute Gasteiger partial charge is 0.504 e. The van der Waals surface area contributed by atoms with Crippen LogP contribution in [0, 0.1) is 0 Å². The molecule has 0 radical (unpaired) electrons. The molecule has 0 aliphatic heterocycles. The van der Waals surface area contributed by atoms with Gasteiger partial charge in [-0.15, -0.1) is 0 Å². The molecular weight excluding hydrogens is 304 g/mol. The van der Waals surface area contributed by atoms with E-state index >= 15 is 0 Å². The van der Waals surface area contributed by atoms with Crippen molar-refractivity contribution < 1.29 is 20.1 Å². The minimum absolute atomic E-state index is 0.206. The highest BCUT2D eigenvalue weighted by molar-refractivity contribution is 5.92. The Morgan fingerprint density at radius 1 is 0.917 bits per heavy atom. The molecule has 0 unspecified atom stereocenters. The third-order valence-electron chi connectivity index (χ3n) is 4.16. The molecule has 4 heteroatoms. The molecule has 0 saturated carbocycles. The smallest absolute Gasteiger partial charge is 0.331 e. The topological polar surface area (TPSA) is 77.8 Å². The van der Waals surface area contributed by atoms with Crippen molar-refractivity contribution in [1.82, 2.24) is 0 Å². The second-order valence-electron chi connectivity index (χ2n) is 6.30. The van der Waals surface area contributed by atoms with Crippen LogP contribution in [-0.4, -0.2) is 21.3 Å². The maximum absolute atomic E-state index is 11.3. The van der Waals surface area contributed by atoms with Gasteiger partial charge in [-0.1, -0.05) is 64.4 Å². The molecule has 0 amide bonds. The molecule has 0 aliphatic rings. The highest BCUT2D eigenvalue weighted by Crippen LogP contribution is 2.26. The third kappa shape index (κ3) is 8.04. The Labute approximate surface area is 144 Å². The van der Waals surface area contributed by atoms with E-state index in [0.29, 0.717) is 17.6 Å². The lowest BCUT2D eigenvalue weighted by atomic mass is 10.0. The number of hydrogen-bond acceptors (Lipinski definition) is 3. The van der Waals surface area contributed by atoms with Crippen LogP contribution in [0.3, 0.4) is 0 Å². The molecule has 1 rings (SSSR count). The van der Waals surface area contributed by atoms with Gasteiger partial charge in [0.2, 0.25) is 0 Å². The minimum Gasteiger partial charge on any atom is -0.504 e. The standard InChI is InChI=1S/C20H30O4/c1-2-3-4-5-6-7-8-9-10-11-17(20(23)24)14-16-12-13-18(21)19(22)15-16/h12-15,21-22H,2-11H2,1H3,(H,23,24)/b17-14+. The highest BCUT2D eigenvalue weighted by atomic mass is 16.4. The Kier molecular flexibility index (Phi) is 9.66. The highest BCUT2D eigenvalue weighted by Gasteiger charge is 2.08. The van der Waals surface area contributed by atoms with Crippen LogP contribution in [0.1, 0.15) is 76.7 Å². The van der Waals surface area contributed by atoms with Gasteiger partial charge >= 0.3 is 5.97 Å². The molecule has 0 bridgehead atoms. The van der Waals surface area contributed by atoms with E-state index in [9.17, 15) is 20.1 Å². The van der Waals surface area contributed by atoms with Crippen LogP contribution in [0.4, 0.5) is 0 Å². The number of carboxylic acids is 1. The average molecular weight is 334 g/mol. The quantitative estimate of drug-likeness (QED) is 0.268. The SMILES string of the molecule is CCCCCCCCCCC/C(=C\c1ccc(O)c(O)c1)C(=O)O. The first kappa shape index (κ1) is 20.1. The van der Waals surface area contributed by atoms with Gasteiger partial charge in [0.25, 0.3) is 0 Å². The molecule has 0 aliphatic carbocycles. The van der Waals surface area contributed by atoms with Crippen LogP contribution < -0.4 is 0 Å². The van der Waals surface area contributed by atoms with Gasteiger partial charge in [-0.25, -0.2) is 4.79 Å². The lowest BCUT2D eigenvalue weighted by molar-refractivity contribution is -0.132. The fourth-order valence-electron chi connectivity index (χ4n) is 2.70. The normalized spacial score (nSPS) is 11.6. The Balaban J connectivity index is 2.35. The Morgan fingerprint density at radius 3 is 2.04 bits per heavy atom. The zero-order valence-electron chi connectivity index (χ0n) is 14.6. The minimum atomic E-state index is -0.929. The summed E-state index contributed by atoms with van der Waals surface area (Å²) in [7, 11) is 0. The molecule has 0 spiro atoms. The number of rotatable bonds is 12. The number of carbonyl (C=O) groups is 1. The second-order valence-corrected chi connectivity index (χ2v) is 6.30. The van der Waals surface area contributed by atoms with Gasteiger partial charge in [0.15, 0.2) is 11.5 Å². The Morgan fingerprint density at radius 2 is 1.50 bits per heavy atom. The summed E-state index contributed by atoms with van der Waals surface area (Å²) in [6.07, 6.45) is 12.8. The first-order chi connectivity index (χ1) is 11.5. The molecule has 3 N–H and O–H groups in total. The van der Waals surface area contributed by atoms with E-state index in [1.54, 1.807) is 12.1 Å². The summed E-state index contributed by atoms with van der Waals surface area (Å²) < 4.78 is 0. The Hall–Kier alpha value is -1.97. The summed E-state index contributed by atoms with van der Waals surface area (Å²) in [6, 6.07) is 4.32. The van der Waals surface area contributed by atoms with Crippen LogP contribution in [0.25, 0.3) is 6.08 Å². The van der Waals surface area contributed by atoms with Gasteiger partial charge in [-0.3, -0.25) is 0 Å². The summed E-state index contributed by atoms with van der Waals surface area (Å²) in [5, 5.41) is 28.1. The van der Waals surface area contributed by atoms with Crippen molar-refractivity contribution in [3.8, 4) is 11.5 Å². The second kappa shape index (κ2) is 11.5. The molecule has 0 heterocycles. The number of benzene rings is 1. The zero-order chi connectivity index (χ0) is 17.8. The van der Waals surface area contributed by atoms with Crippen LogP contribution in [0.5, 0.6) is 11.5 Å². The first-order valence-corrected chi connectivity index (χ1v) is 9.00. The van der Waals surface area contributed by atoms with Crippen LogP contribution in [0.15, 0.2) is 23.8 Å². The third-order valence-corrected chi connectivity index (χ3v) is 4.16. The van der Waals surface area contributed by atoms with Crippen molar-refractivity contribution in [2.75, 3.05) is 0 Å². The lowest BCUT2D eigenvalue weighted by Gasteiger charge is -2.05. The predicted octanol–water partition coefficient (Wildman–Crippen LogP) is 5.49. The van der Waals surface area contributed by atoms with Crippen LogP contribution in [0.2, 0.25) is 0 Å². The molecule has 24 heavy (non-hydrogen) atoms. The van der Waals surface area contributed by atoms with Gasteiger partial charge in [0.1, 0.15) is 0 Å². The number of phenolic OH excluding ortho intramolecular Hbond substituents is 2. The van der Waals surface area contributed by atoms with Crippen molar-refractivity contribution in [1.29, 1.82) is 0 Å². The molecule has 134 valence electrons. The van der Waals surface area contributed by atoms with Gasteiger partial charge in [-0.2, -0.15) is 0 Å².